The summed E-state index contributed by atoms with van der Waals surface area (Å²) < 4.78 is 82.2. The van der Waals surface area contributed by atoms with Crippen LogP contribution < -0.4 is 10.9 Å². The van der Waals surface area contributed by atoms with Crippen molar-refractivity contribution >= 4 is 17.6 Å². The molecule has 0 spiro atoms. The van der Waals surface area contributed by atoms with Gasteiger partial charge in [-0.3, -0.25) is 14.4 Å². The summed E-state index contributed by atoms with van der Waals surface area (Å²) >= 11 is 0. The van der Waals surface area contributed by atoms with Crippen LogP contribution in [0.15, 0.2) is 47.4 Å². The number of amides is 1. The zero-order chi connectivity index (χ0) is 22.7. The van der Waals surface area contributed by atoms with Gasteiger partial charge in [0.25, 0.3) is 11.5 Å². The minimum Gasteiger partial charge on any atom is -0.451 e. The molecule has 1 amide bonds. The van der Waals surface area contributed by atoms with Crippen molar-refractivity contribution in [3.8, 4) is 0 Å². The van der Waals surface area contributed by atoms with Gasteiger partial charge < -0.3 is 14.6 Å². The lowest BCUT2D eigenvalue weighted by molar-refractivity contribution is -0.154. The first kappa shape index (κ1) is 23.0. The molecular weight excluding hydrogens is 422 g/mol. The SMILES string of the molecule is CC(OC(=O)Cn1cc(C(F)(F)F)ccc1=O)C(=O)Nc1ccccc1C(F)(F)F. The first-order valence-corrected chi connectivity index (χ1v) is 8.23. The molecule has 1 unspecified atom stereocenters. The van der Waals surface area contributed by atoms with Crippen molar-refractivity contribution in [3.63, 3.8) is 0 Å². The van der Waals surface area contributed by atoms with E-state index < -0.39 is 59.3 Å². The maximum absolute atomic E-state index is 13.0. The number of benzene rings is 1. The van der Waals surface area contributed by atoms with Gasteiger partial charge in [0.15, 0.2) is 6.10 Å². The summed E-state index contributed by atoms with van der Waals surface area (Å²) in [4.78, 5) is 35.6. The van der Waals surface area contributed by atoms with Gasteiger partial charge in [0.1, 0.15) is 6.54 Å². The van der Waals surface area contributed by atoms with E-state index in [4.69, 9.17) is 4.74 Å². The molecule has 0 radical (unpaired) electrons. The third-order valence-corrected chi connectivity index (χ3v) is 3.78. The van der Waals surface area contributed by atoms with Gasteiger partial charge >= 0.3 is 18.3 Å². The Morgan fingerprint density at radius 2 is 1.67 bits per heavy atom. The quantitative estimate of drug-likeness (QED) is 0.576. The number of halogens is 6. The number of hydrogen-bond donors (Lipinski definition) is 1. The van der Waals surface area contributed by atoms with Gasteiger partial charge in [0.05, 0.1) is 16.8 Å². The van der Waals surface area contributed by atoms with Crippen LogP contribution in [-0.4, -0.2) is 22.5 Å². The van der Waals surface area contributed by atoms with E-state index in [0.29, 0.717) is 22.9 Å². The molecule has 0 fully saturated rings. The van der Waals surface area contributed by atoms with Crippen LogP contribution >= 0.6 is 0 Å². The number of esters is 1. The lowest BCUT2D eigenvalue weighted by Crippen LogP contribution is -2.33. The van der Waals surface area contributed by atoms with E-state index in [-0.39, 0.29) is 0 Å². The summed E-state index contributed by atoms with van der Waals surface area (Å²) in [5.41, 5.74) is -3.78. The number of nitrogens with zero attached hydrogens (tertiary/aromatic N) is 1. The molecule has 12 heteroatoms. The topological polar surface area (TPSA) is 77.4 Å². The van der Waals surface area contributed by atoms with E-state index in [2.05, 4.69) is 0 Å². The number of para-hydroxylation sites is 1. The van der Waals surface area contributed by atoms with Gasteiger partial charge in [-0.2, -0.15) is 26.3 Å². The Morgan fingerprint density at radius 3 is 2.27 bits per heavy atom. The summed E-state index contributed by atoms with van der Waals surface area (Å²) in [6, 6.07) is 5.26. The number of nitrogens with one attached hydrogen (secondary N) is 1. The van der Waals surface area contributed by atoms with Crippen molar-refractivity contribution in [3.05, 3.63) is 64.1 Å². The molecule has 0 bridgehead atoms. The zero-order valence-corrected chi connectivity index (χ0v) is 15.2. The fourth-order valence-corrected chi connectivity index (χ4v) is 2.32. The standard InChI is InChI=1S/C18H14F6N2O4/c1-10(16(29)25-13-5-3-2-4-12(13)18(22,23)24)30-15(28)9-26-8-11(17(19,20)21)6-7-14(26)27/h2-8,10H,9H2,1H3,(H,25,29). The smallest absolute Gasteiger partial charge is 0.418 e. The van der Waals surface area contributed by atoms with Crippen LogP contribution in [0.5, 0.6) is 0 Å². The highest BCUT2D eigenvalue weighted by Gasteiger charge is 2.34. The fraction of sp³-hybridized carbons (Fsp3) is 0.278. The minimum absolute atomic E-state index is 0.411. The van der Waals surface area contributed by atoms with E-state index in [9.17, 15) is 40.7 Å². The van der Waals surface area contributed by atoms with Crippen LogP contribution in [0.4, 0.5) is 32.0 Å². The van der Waals surface area contributed by atoms with E-state index >= 15 is 0 Å². The second-order valence-electron chi connectivity index (χ2n) is 6.05. The van der Waals surface area contributed by atoms with Crippen molar-refractivity contribution in [1.29, 1.82) is 0 Å². The number of hydrogen-bond acceptors (Lipinski definition) is 4. The van der Waals surface area contributed by atoms with Crippen LogP contribution in [0.2, 0.25) is 0 Å². The summed E-state index contributed by atoms with van der Waals surface area (Å²) in [5, 5.41) is 1.97. The number of pyridine rings is 1. The average Bonchev–Trinajstić information content (AvgIpc) is 2.62. The fourth-order valence-electron chi connectivity index (χ4n) is 2.32. The Hall–Kier alpha value is -3.31. The normalized spacial score (nSPS) is 12.9. The molecule has 0 saturated carbocycles. The maximum Gasteiger partial charge on any atom is 0.418 e. The molecule has 0 aliphatic carbocycles. The Morgan fingerprint density at radius 1 is 1.03 bits per heavy atom. The predicted molar refractivity (Wildman–Crippen MR) is 91.3 cm³/mol. The highest BCUT2D eigenvalue weighted by Crippen LogP contribution is 2.34. The van der Waals surface area contributed by atoms with Crippen molar-refractivity contribution in [2.24, 2.45) is 0 Å². The Labute approximate surface area is 165 Å². The van der Waals surface area contributed by atoms with E-state index in [0.717, 1.165) is 25.1 Å². The highest BCUT2D eigenvalue weighted by atomic mass is 19.4. The summed E-state index contributed by atoms with van der Waals surface area (Å²) in [5.74, 6) is -2.33. The molecule has 1 aromatic heterocycles. The number of alkyl halides is 6. The molecular formula is C18H14F6N2O4. The van der Waals surface area contributed by atoms with Crippen molar-refractivity contribution in [2.45, 2.75) is 31.9 Å². The van der Waals surface area contributed by atoms with Crippen molar-refractivity contribution < 1.29 is 40.7 Å². The largest absolute Gasteiger partial charge is 0.451 e. The summed E-state index contributed by atoms with van der Waals surface area (Å²) in [6.07, 6.45) is -10.7. The number of anilines is 1. The van der Waals surface area contributed by atoms with Crippen LogP contribution in [0.25, 0.3) is 0 Å². The molecule has 2 rings (SSSR count). The Kier molecular flexibility index (Phi) is 6.58. The van der Waals surface area contributed by atoms with Crippen molar-refractivity contribution in [2.75, 3.05) is 5.32 Å². The molecule has 0 aliphatic rings. The lowest BCUT2D eigenvalue weighted by atomic mass is 10.1. The van der Waals surface area contributed by atoms with E-state index in [1.807, 2.05) is 5.32 Å². The summed E-state index contributed by atoms with van der Waals surface area (Å²) in [6.45, 7) is 0.123. The Bertz CT molecular complexity index is 997. The predicted octanol–water partition coefficient (Wildman–Crippen LogP) is 3.46. The van der Waals surface area contributed by atoms with Gasteiger partial charge in [-0.1, -0.05) is 12.1 Å². The number of carbonyl (C=O) groups is 2. The number of rotatable bonds is 5. The molecule has 0 saturated heterocycles. The van der Waals surface area contributed by atoms with Crippen LogP contribution in [0.1, 0.15) is 18.1 Å². The van der Waals surface area contributed by atoms with E-state index in [1.54, 1.807) is 0 Å². The molecule has 0 aliphatic heterocycles. The number of ether oxygens (including phenoxy) is 1. The number of aromatic nitrogens is 1. The molecule has 1 atom stereocenters. The van der Waals surface area contributed by atoms with Crippen molar-refractivity contribution in [1.82, 2.24) is 4.57 Å². The maximum atomic E-state index is 13.0. The third kappa shape index (κ3) is 5.84. The Balaban J connectivity index is 2.07. The number of carbonyl (C=O) groups excluding carboxylic acids is 2. The van der Waals surface area contributed by atoms with E-state index in [1.165, 1.54) is 6.07 Å². The second kappa shape index (κ2) is 8.59. The van der Waals surface area contributed by atoms with Gasteiger partial charge in [-0.15, -0.1) is 0 Å². The van der Waals surface area contributed by atoms with Gasteiger partial charge in [0, 0.05) is 12.3 Å². The van der Waals surface area contributed by atoms with Gasteiger partial charge in [0.2, 0.25) is 0 Å². The molecule has 162 valence electrons. The molecule has 2 aromatic rings. The molecule has 1 aromatic carbocycles. The zero-order valence-electron chi connectivity index (χ0n) is 15.2. The molecule has 1 heterocycles. The molecule has 6 nitrogen and oxygen atoms in total. The monoisotopic (exact) mass is 436 g/mol. The third-order valence-electron chi connectivity index (χ3n) is 3.78. The minimum atomic E-state index is -4.75. The van der Waals surface area contributed by atoms with Crippen LogP contribution in [0.3, 0.4) is 0 Å². The first-order valence-electron chi connectivity index (χ1n) is 8.23. The van der Waals surface area contributed by atoms with Gasteiger partial charge in [-0.25, -0.2) is 0 Å². The first-order chi connectivity index (χ1) is 13.8. The summed E-state index contributed by atoms with van der Waals surface area (Å²) in [7, 11) is 0. The molecule has 30 heavy (non-hydrogen) atoms. The average molecular weight is 436 g/mol. The lowest BCUT2D eigenvalue weighted by Gasteiger charge is -2.17. The van der Waals surface area contributed by atoms with Crippen LogP contribution in [-0.2, 0) is 33.2 Å². The second-order valence-corrected chi connectivity index (χ2v) is 6.05. The van der Waals surface area contributed by atoms with Crippen LogP contribution in [0, 0.1) is 0 Å². The highest BCUT2D eigenvalue weighted by molar-refractivity contribution is 5.95. The van der Waals surface area contributed by atoms with Gasteiger partial charge in [-0.05, 0) is 25.1 Å². The molecule has 1 N–H and O–H groups in total.